The van der Waals surface area contributed by atoms with Gasteiger partial charge in [0, 0.05) is 17.7 Å². The number of esters is 1. The van der Waals surface area contributed by atoms with E-state index in [9.17, 15) is 10.1 Å². The Morgan fingerprint density at radius 3 is 2.50 bits per heavy atom. The van der Waals surface area contributed by atoms with Crippen molar-refractivity contribution < 1.29 is 28.5 Å². The average Bonchev–Trinajstić information content (AvgIpc) is 2.94. The minimum atomic E-state index is -0.561. The predicted octanol–water partition coefficient (Wildman–Crippen LogP) is 5.11. The first-order valence-electron chi connectivity index (χ1n) is 11.6. The van der Waals surface area contributed by atoms with Gasteiger partial charge in [-0.2, -0.15) is 5.26 Å². The van der Waals surface area contributed by atoms with Crippen molar-refractivity contribution in [2.45, 2.75) is 5.92 Å². The fourth-order valence-corrected chi connectivity index (χ4v) is 4.00. The molecule has 1 atom stereocenters. The van der Waals surface area contributed by atoms with Crippen LogP contribution in [-0.4, -0.2) is 26.8 Å². The molecule has 192 valence electrons. The summed E-state index contributed by atoms with van der Waals surface area (Å²) >= 11 is 0. The van der Waals surface area contributed by atoms with E-state index in [1.165, 1.54) is 13.2 Å². The van der Waals surface area contributed by atoms with Crippen molar-refractivity contribution in [3.05, 3.63) is 108 Å². The van der Waals surface area contributed by atoms with E-state index in [1.54, 1.807) is 61.7 Å². The highest BCUT2D eigenvalue weighted by atomic mass is 16.5. The third-order valence-corrected chi connectivity index (χ3v) is 5.81. The highest BCUT2D eigenvalue weighted by Gasteiger charge is 2.31. The lowest BCUT2D eigenvalue weighted by Gasteiger charge is -2.27. The molecule has 8 nitrogen and oxygen atoms in total. The molecule has 0 saturated heterocycles. The van der Waals surface area contributed by atoms with Crippen LogP contribution in [0, 0.1) is 11.3 Å². The molecule has 0 aliphatic carbocycles. The van der Waals surface area contributed by atoms with Crippen molar-refractivity contribution in [1.29, 1.82) is 5.26 Å². The number of nitriles is 1. The molecule has 0 aromatic heterocycles. The molecule has 1 aliphatic heterocycles. The van der Waals surface area contributed by atoms with Crippen LogP contribution in [0.25, 0.3) is 6.08 Å². The molecule has 3 aromatic carbocycles. The zero-order valence-electron chi connectivity index (χ0n) is 21.0. The number of fused-ring (bicyclic) bond motifs is 1. The lowest BCUT2D eigenvalue weighted by Crippen LogP contribution is -2.21. The van der Waals surface area contributed by atoms with Gasteiger partial charge in [-0.3, -0.25) is 0 Å². The van der Waals surface area contributed by atoms with Crippen molar-refractivity contribution in [3.63, 3.8) is 0 Å². The van der Waals surface area contributed by atoms with Gasteiger partial charge in [0.1, 0.15) is 35.5 Å². The van der Waals surface area contributed by atoms with Gasteiger partial charge in [-0.15, -0.1) is 0 Å². The maximum atomic E-state index is 12.4. The van der Waals surface area contributed by atoms with E-state index in [0.29, 0.717) is 29.4 Å². The number of nitrogens with two attached hydrogens (primary N) is 1. The smallest absolute Gasteiger partial charge is 0.336 e. The normalized spacial score (nSPS) is 14.2. The summed E-state index contributed by atoms with van der Waals surface area (Å²) in [5.74, 6) is 1.30. The first-order chi connectivity index (χ1) is 18.5. The number of benzene rings is 3. The summed E-state index contributed by atoms with van der Waals surface area (Å²) in [6.07, 6.45) is 4.61. The molecule has 2 N–H and O–H groups in total. The maximum Gasteiger partial charge on any atom is 0.336 e. The van der Waals surface area contributed by atoms with E-state index < -0.39 is 11.9 Å². The number of allylic oxidation sites excluding steroid dienone is 1. The molecule has 8 heteroatoms. The molecule has 1 aliphatic rings. The molecule has 4 rings (SSSR count). The van der Waals surface area contributed by atoms with E-state index in [4.69, 9.17) is 29.4 Å². The molecule has 0 bridgehead atoms. The van der Waals surface area contributed by atoms with Gasteiger partial charge in [-0.05, 0) is 47.5 Å². The van der Waals surface area contributed by atoms with Crippen LogP contribution < -0.4 is 29.4 Å². The van der Waals surface area contributed by atoms with Gasteiger partial charge in [0.15, 0.2) is 11.5 Å². The highest BCUT2D eigenvalue weighted by molar-refractivity contribution is 5.88. The summed E-state index contributed by atoms with van der Waals surface area (Å²) in [6, 6.07) is 19.8. The predicted molar refractivity (Wildman–Crippen MR) is 142 cm³/mol. The SMILES string of the molecule is C=CCOc1ccc(C2C(C#N)=C(N)Oc3cc(OC(=O)/C=C/c4ccc(OC)cc4)ccc32)cc1OC. The number of nitrogens with zero attached hydrogens (tertiary/aromatic N) is 1. The van der Waals surface area contributed by atoms with Crippen molar-refractivity contribution in [2.75, 3.05) is 20.8 Å². The van der Waals surface area contributed by atoms with Crippen LogP contribution in [0.5, 0.6) is 28.7 Å². The first kappa shape index (κ1) is 25.9. The van der Waals surface area contributed by atoms with Gasteiger partial charge in [0.2, 0.25) is 5.88 Å². The third kappa shape index (κ3) is 5.63. The lowest BCUT2D eigenvalue weighted by molar-refractivity contribution is -0.128. The molecular weight excluding hydrogens is 484 g/mol. The fraction of sp³-hybridized carbons (Fsp3) is 0.133. The Morgan fingerprint density at radius 2 is 1.82 bits per heavy atom. The summed E-state index contributed by atoms with van der Waals surface area (Å²) in [4.78, 5) is 12.4. The van der Waals surface area contributed by atoms with E-state index in [-0.39, 0.29) is 17.2 Å². The topological polar surface area (TPSA) is 113 Å². The second-order valence-corrected chi connectivity index (χ2v) is 8.16. The molecule has 0 spiro atoms. The summed E-state index contributed by atoms with van der Waals surface area (Å²) in [5.41, 5.74) is 8.64. The number of ether oxygens (including phenoxy) is 5. The maximum absolute atomic E-state index is 12.4. The average molecular weight is 511 g/mol. The number of hydrogen-bond donors (Lipinski definition) is 1. The van der Waals surface area contributed by atoms with Gasteiger partial charge in [0.25, 0.3) is 0 Å². The second-order valence-electron chi connectivity index (χ2n) is 8.16. The van der Waals surface area contributed by atoms with E-state index >= 15 is 0 Å². The third-order valence-electron chi connectivity index (χ3n) is 5.81. The summed E-state index contributed by atoms with van der Waals surface area (Å²) in [7, 11) is 3.13. The van der Waals surface area contributed by atoms with E-state index in [2.05, 4.69) is 12.6 Å². The van der Waals surface area contributed by atoms with Crippen LogP contribution in [0.3, 0.4) is 0 Å². The minimum absolute atomic E-state index is 0.0289. The Labute approximate surface area is 220 Å². The largest absolute Gasteiger partial charge is 0.497 e. The van der Waals surface area contributed by atoms with Crippen LogP contribution in [0.4, 0.5) is 0 Å². The van der Waals surface area contributed by atoms with Crippen LogP contribution in [-0.2, 0) is 4.79 Å². The highest BCUT2D eigenvalue weighted by Crippen LogP contribution is 2.45. The van der Waals surface area contributed by atoms with E-state index in [1.807, 2.05) is 18.2 Å². The molecule has 1 unspecified atom stereocenters. The number of rotatable bonds is 9. The molecule has 0 saturated carbocycles. The second kappa shape index (κ2) is 11.7. The molecule has 3 aromatic rings. The lowest BCUT2D eigenvalue weighted by atomic mass is 9.83. The number of carbonyl (C=O) groups excluding carboxylic acids is 1. The van der Waals surface area contributed by atoms with Crippen LogP contribution in [0.15, 0.2) is 90.9 Å². The van der Waals surface area contributed by atoms with Crippen LogP contribution in [0.2, 0.25) is 0 Å². The van der Waals surface area contributed by atoms with Crippen LogP contribution >= 0.6 is 0 Å². The molecular formula is C30H26N2O6. The Kier molecular flexibility index (Phi) is 7.99. The zero-order chi connectivity index (χ0) is 27.1. The molecule has 38 heavy (non-hydrogen) atoms. The Morgan fingerprint density at radius 1 is 1.05 bits per heavy atom. The van der Waals surface area contributed by atoms with Gasteiger partial charge in [0.05, 0.1) is 20.1 Å². The Hall–Kier alpha value is -5.16. The van der Waals surface area contributed by atoms with Gasteiger partial charge >= 0.3 is 5.97 Å². The summed E-state index contributed by atoms with van der Waals surface area (Å²) in [6.45, 7) is 3.98. The standard InChI is InChI=1S/C30H26N2O6/c1-4-15-36-25-13-8-20(16-27(25)35-3)29-23-12-11-22(17-26(23)38-30(32)24(29)18-31)37-28(33)14-7-19-5-9-21(34-2)10-6-19/h4-14,16-17,29H,1,15,32H2,2-3H3/b14-7+. The number of methoxy groups -OCH3 is 2. The Bertz CT molecular complexity index is 1450. The summed E-state index contributed by atoms with van der Waals surface area (Å²) < 4.78 is 27.5. The van der Waals surface area contributed by atoms with Gasteiger partial charge < -0.3 is 29.4 Å². The van der Waals surface area contributed by atoms with E-state index in [0.717, 1.165) is 16.9 Å². The molecule has 1 heterocycles. The monoisotopic (exact) mass is 510 g/mol. The number of hydrogen-bond acceptors (Lipinski definition) is 8. The van der Waals surface area contributed by atoms with Crippen molar-refractivity contribution in [2.24, 2.45) is 5.73 Å². The molecule has 0 fully saturated rings. The quantitative estimate of drug-likeness (QED) is 0.183. The molecule has 0 amide bonds. The van der Waals surface area contributed by atoms with Gasteiger partial charge in [-0.25, -0.2) is 4.79 Å². The van der Waals surface area contributed by atoms with Crippen LogP contribution in [0.1, 0.15) is 22.6 Å². The molecule has 0 radical (unpaired) electrons. The van der Waals surface area contributed by atoms with Crippen molar-refractivity contribution in [3.8, 4) is 34.8 Å². The fourth-order valence-electron chi connectivity index (χ4n) is 4.00. The van der Waals surface area contributed by atoms with Gasteiger partial charge in [-0.1, -0.05) is 36.9 Å². The first-order valence-corrected chi connectivity index (χ1v) is 11.6. The Balaban J connectivity index is 1.59. The summed E-state index contributed by atoms with van der Waals surface area (Å²) in [5, 5.41) is 9.85. The van der Waals surface area contributed by atoms with Crippen molar-refractivity contribution in [1.82, 2.24) is 0 Å². The zero-order valence-corrected chi connectivity index (χ0v) is 21.0. The van der Waals surface area contributed by atoms with Crippen molar-refractivity contribution >= 4 is 12.0 Å². The minimum Gasteiger partial charge on any atom is -0.497 e. The number of carbonyl (C=O) groups is 1.